The highest BCUT2D eigenvalue weighted by molar-refractivity contribution is 7.85. The fourth-order valence-corrected chi connectivity index (χ4v) is 3.08. The van der Waals surface area contributed by atoms with Crippen molar-refractivity contribution in [1.82, 2.24) is 0 Å². The number of carboxylic acids is 1. The van der Waals surface area contributed by atoms with E-state index < -0.39 is 16.1 Å². The second-order valence-corrected chi connectivity index (χ2v) is 8.18. The molecule has 6 nitrogen and oxygen atoms in total. The molecular weight excluding hydrogens is 342 g/mol. The van der Waals surface area contributed by atoms with Gasteiger partial charge in [-0.3, -0.25) is 9.35 Å². The summed E-state index contributed by atoms with van der Waals surface area (Å²) in [6.07, 6.45) is 4.55. The van der Waals surface area contributed by atoms with Crippen LogP contribution in [0.1, 0.15) is 65.4 Å². The lowest BCUT2D eigenvalue weighted by atomic mass is 9.82. The summed E-state index contributed by atoms with van der Waals surface area (Å²) in [7, 11) is -4.13. The van der Waals surface area contributed by atoms with Gasteiger partial charge in [0.15, 0.2) is 5.71 Å². The number of hydrogen-bond donors (Lipinski definition) is 3. The van der Waals surface area contributed by atoms with Gasteiger partial charge in [-0.2, -0.15) is 8.42 Å². The Morgan fingerprint density at radius 2 is 1.84 bits per heavy atom. The topological polar surface area (TPSA) is 106 Å². The second kappa shape index (κ2) is 8.58. The van der Waals surface area contributed by atoms with Gasteiger partial charge in [-0.15, -0.1) is 0 Å². The van der Waals surface area contributed by atoms with Crippen molar-refractivity contribution in [3.05, 3.63) is 23.8 Å². The van der Waals surface area contributed by atoms with Crippen molar-refractivity contribution in [3.63, 3.8) is 0 Å². The quantitative estimate of drug-likeness (QED) is 0.527. The van der Waals surface area contributed by atoms with E-state index >= 15 is 0 Å². The van der Waals surface area contributed by atoms with Crippen LogP contribution in [0.25, 0.3) is 0 Å². The maximum absolute atomic E-state index is 11.1. The summed E-state index contributed by atoms with van der Waals surface area (Å²) in [5.41, 5.74) is 2.63. The van der Waals surface area contributed by atoms with E-state index in [4.69, 9.17) is 9.66 Å². The van der Waals surface area contributed by atoms with Crippen molar-refractivity contribution in [2.24, 2.45) is 0 Å². The zero-order valence-corrected chi connectivity index (χ0v) is 16.1. The first kappa shape index (κ1) is 21.3. The molecule has 1 aromatic rings. The predicted octanol–water partition coefficient (Wildman–Crippen LogP) is 2.44. The van der Waals surface area contributed by atoms with E-state index in [2.05, 4.69) is 11.9 Å². The van der Waals surface area contributed by atoms with Crippen molar-refractivity contribution in [2.75, 3.05) is 0 Å². The second-order valence-electron chi connectivity index (χ2n) is 6.76. The molecule has 0 radical (unpaired) electrons. The molecule has 0 atom stereocenters. The van der Waals surface area contributed by atoms with E-state index in [0.717, 1.165) is 36.2 Å². The minimum absolute atomic E-state index is 0.0594. The number of fused-ring (bicyclic) bond motifs is 1. The van der Waals surface area contributed by atoms with E-state index in [1.54, 1.807) is 6.07 Å². The van der Waals surface area contributed by atoms with Crippen LogP contribution < -0.4 is 4.99 Å². The third-order valence-electron chi connectivity index (χ3n) is 4.47. The molecular formula is C18H28NO5S+. The number of carboxylic acid groups (broad SMARTS) is 1. The van der Waals surface area contributed by atoms with E-state index in [1.165, 1.54) is 18.6 Å². The van der Waals surface area contributed by atoms with E-state index in [0.29, 0.717) is 6.42 Å². The van der Waals surface area contributed by atoms with Crippen molar-refractivity contribution in [3.8, 4) is 0 Å². The average molecular weight is 370 g/mol. The highest BCUT2D eigenvalue weighted by atomic mass is 32.2. The molecule has 1 aliphatic rings. The molecule has 0 aromatic heterocycles. The summed E-state index contributed by atoms with van der Waals surface area (Å²) in [6.45, 7) is 8.10. The van der Waals surface area contributed by atoms with Crippen LogP contribution >= 0.6 is 0 Å². The Hall–Kier alpha value is -1.73. The first-order chi connectivity index (χ1) is 11.5. The fraction of sp³-hybridized carbons (Fsp3) is 0.556. The first-order valence-corrected chi connectivity index (χ1v) is 9.89. The molecule has 2 rings (SSSR count). The van der Waals surface area contributed by atoms with Crippen molar-refractivity contribution in [1.29, 1.82) is 0 Å². The SMILES string of the molecule is CC1=[NH+]c2ccc(S(=O)(=O)O)cc2C1(C)C.CCCCCCC(=O)O. The highest BCUT2D eigenvalue weighted by Gasteiger charge is 2.39. The lowest BCUT2D eigenvalue weighted by Crippen LogP contribution is -2.64. The number of aliphatic carboxylic acids is 1. The van der Waals surface area contributed by atoms with Crippen molar-refractivity contribution >= 4 is 27.5 Å². The molecule has 1 aromatic carbocycles. The maximum Gasteiger partial charge on any atom is 0.303 e. The Kier molecular flexibility index (Phi) is 7.31. The van der Waals surface area contributed by atoms with Crippen molar-refractivity contribution < 1.29 is 27.9 Å². The van der Waals surface area contributed by atoms with Crippen LogP contribution in [0.15, 0.2) is 23.1 Å². The molecule has 25 heavy (non-hydrogen) atoms. The van der Waals surface area contributed by atoms with Crippen LogP contribution in [0.5, 0.6) is 0 Å². The number of carbonyl (C=O) groups is 1. The smallest absolute Gasteiger partial charge is 0.303 e. The molecule has 0 amide bonds. The van der Waals surface area contributed by atoms with Gasteiger partial charge in [0.2, 0.25) is 5.69 Å². The van der Waals surface area contributed by atoms with Gasteiger partial charge in [0.1, 0.15) is 0 Å². The van der Waals surface area contributed by atoms with Crippen LogP contribution in [-0.2, 0) is 20.3 Å². The number of rotatable bonds is 6. The van der Waals surface area contributed by atoms with Crippen LogP contribution in [-0.4, -0.2) is 29.8 Å². The molecule has 0 spiro atoms. The molecule has 0 bridgehead atoms. The highest BCUT2D eigenvalue weighted by Crippen LogP contribution is 2.32. The molecule has 0 fully saturated rings. The molecule has 7 heteroatoms. The van der Waals surface area contributed by atoms with Gasteiger partial charge in [-0.25, -0.2) is 4.99 Å². The molecule has 1 aliphatic heterocycles. The Bertz CT molecular complexity index is 751. The van der Waals surface area contributed by atoms with Gasteiger partial charge in [-0.1, -0.05) is 26.2 Å². The molecule has 3 N–H and O–H groups in total. The Balaban J connectivity index is 0.000000299. The van der Waals surface area contributed by atoms with E-state index in [1.807, 2.05) is 20.8 Å². The van der Waals surface area contributed by atoms with E-state index in [9.17, 15) is 13.2 Å². The van der Waals surface area contributed by atoms with Gasteiger partial charge in [0, 0.05) is 25.0 Å². The molecule has 0 aliphatic carbocycles. The first-order valence-electron chi connectivity index (χ1n) is 8.45. The van der Waals surface area contributed by atoms with Crippen LogP contribution in [0.4, 0.5) is 5.69 Å². The lowest BCUT2D eigenvalue weighted by Gasteiger charge is -2.15. The maximum atomic E-state index is 11.1. The molecule has 0 unspecified atom stereocenters. The largest absolute Gasteiger partial charge is 0.481 e. The number of benzene rings is 1. The van der Waals surface area contributed by atoms with Crippen LogP contribution in [0.3, 0.4) is 0 Å². The summed E-state index contributed by atoms with van der Waals surface area (Å²) in [5, 5.41) is 8.21. The van der Waals surface area contributed by atoms with Gasteiger partial charge in [0.25, 0.3) is 10.1 Å². The Morgan fingerprint density at radius 1 is 1.20 bits per heavy atom. The monoisotopic (exact) mass is 370 g/mol. The summed E-state index contributed by atoms with van der Waals surface area (Å²) >= 11 is 0. The summed E-state index contributed by atoms with van der Waals surface area (Å²) < 4.78 is 31.1. The minimum atomic E-state index is -4.13. The molecule has 0 saturated carbocycles. The standard InChI is InChI=1S/C11H13NO3S.C7H14O2/c1-7-11(2,3)9-6-8(16(13,14)15)4-5-10(9)12-7;1-2-3-4-5-6-7(8)9/h4-6H,1-3H3,(H,13,14,15);2-6H2,1H3,(H,8,9)/p+1. The van der Waals surface area contributed by atoms with Crippen LogP contribution in [0, 0.1) is 0 Å². The van der Waals surface area contributed by atoms with Crippen LogP contribution in [0.2, 0.25) is 0 Å². The normalized spacial score (nSPS) is 15.0. The molecule has 0 saturated heterocycles. The lowest BCUT2D eigenvalue weighted by molar-refractivity contribution is -0.351. The summed E-state index contributed by atoms with van der Waals surface area (Å²) in [4.78, 5) is 13.1. The van der Waals surface area contributed by atoms with Gasteiger partial charge >= 0.3 is 5.97 Å². The summed E-state index contributed by atoms with van der Waals surface area (Å²) in [5.74, 6) is -0.675. The Morgan fingerprint density at radius 3 is 2.36 bits per heavy atom. The predicted molar refractivity (Wildman–Crippen MR) is 97.0 cm³/mol. The molecule has 1 heterocycles. The minimum Gasteiger partial charge on any atom is -0.481 e. The Labute approximate surface area is 149 Å². The van der Waals surface area contributed by atoms with Gasteiger partial charge in [0.05, 0.1) is 10.3 Å². The number of hydrogen-bond acceptors (Lipinski definition) is 3. The van der Waals surface area contributed by atoms with Gasteiger partial charge in [-0.05, 0) is 32.4 Å². The van der Waals surface area contributed by atoms with E-state index in [-0.39, 0.29) is 10.3 Å². The third-order valence-corrected chi connectivity index (χ3v) is 5.32. The number of unbranched alkanes of at least 4 members (excludes halogenated alkanes) is 3. The summed E-state index contributed by atoms with van der Waals surface area (Å²) in [6, 6.07) is 4.60. The average Bonchev–Trinajstić information content (AvgIpc) is 2.73. The third kappa shape index (κ3) is 5.93. The fourth-order valence-electron chi connectivity index (χ4n) is 2.57. The zero-order chi connectivity index (χ0) is 19.3. The zero-order valence-electron chi connectivity index (χ0n) is 15.3. The molecule has 140 valence electrons. The number of nitrogens with one attached hydrogen (secondary N) is 1. The van der Waals surface area contributed by atoms with Crippen molar-refractivity contribution in [2.45, 2.75) is 70.1 Å². The van der Waals surface area contributed by atoms with Gasteiger partial charge < -0.3 is 5.11 Å².